The van der Waals surface area contributed by atoms with Gasteiger partial charge in [-0.2, -0.15) is 5.10 Å². The molecule has 2 aliphatic heterocycles. The van der Waals surface area contributed by atoms with Crippen molar-refractivity contribution in [2.24, 2.45) is 5.10 Å². The van der Waals surface area contributed by atoms with Crippen LogP contribution in [0.1, 0.15) is 30.5 Å². The maximum atomic E-state index is 12.3. The second kappa shape index (κ2) is 8.98. The Morgan fingerprint density at radius 1 is 0.968 bits per heavy atom. The van der Waals surface area contributed by atoms with Gasteiger partial charge in [0, 0.05) is 50.8 Å². The van der Waals surface area contributed by atoms with E-state index in [2.05, 4.69) is 46.2 Å². The third-order valence-corrected chi connectivity index (χ3v) is 6.10. The number of hydrogen-bond acceptors (Lipinski definition) is 6. The summed E-state index contributed by atoms with van der Waals surface area (Å²) in [5.41, 5.74) is 4.11. The number of carbonyl (C=O) groups is 1. The van der Waals surface area contributed by atoms with Crippen molar-refractivity contribution in [3.05, 3.63) is 53.6 Å². The molecule has 1 saturated heterocycles. The second-order valence-electron chi connectivity index (χ2n) is 8.08. The highest BCUT2D eigenvalue weighted by Crippen LogP contribution is 2.36. The molecule has 2 aromatic rings. The van der Waals surface area contributed by atoms with E-state index in [1.54, 1.807) is 26.2 Å². The molecule has 0 saturated carbocycles. The highest BCUT2D eigenvalue weighted by molar-refractivity contribution is 6.03. The number of nitrogens with zero attached hydrogens (tertiary/aromatic N) is 4. The summed E-state index contributed by atoms with van der Waals surface area (Å²) in [6.07, 6.45) is 0.656. The summed E-state index contributed by atoms with van der Waals surface area (Å²) in [6.45, 7) is 5.78. The lowest BCUT2D eigenvalue weighted by Gasteiger charge is -2.34. The average molecular weight is 423 g/mol. The van der Waals surface area contributed by atoms with Gasteiger partial charge in [-0.15, -0.1) is 0 Å². The van der Waals surface area contributed by atoms with Crippen molar-refractivity contribution in [1.29, 1.82) is 0 Å². The molecule has 1 unspecified atom stereocenters. The first kappa shape index (κ1) is 21.2. The van der Waals surface area contributed by atoms with Gasteiger partial charge in [0.05, 0.1) is 26.0 Å². The molecule has 0 aliphatic carbocycles. The van der Waals surface area contributed by atoms with Gasteiger partial charge in [-0.25, -0.2) is 5.01 Å². The first-order valence-electron chi connectivity index (χ1n) is 10.6. The molecule has 31 heavy (non-hydrogen) atoms. The lowest BCUT2D eigenvalue weighted by Crippen LogP contribution is -2.44. The summed E-state index contributed by atoms with van der Waals surface area (Å²) in [4.78, 5) is 17.1. The summed E-state index contributed by atoms with van der Waals surface area (Å²) in [6, 6.07) is 14.2. The number of anilines is 1. The number of hydrogen-bond donors (Lipinski definition) is 0. The minimum atomic E-state index is -0.109. The minimum absolute atomic E-state index is 0.0661. The molecule has 4 rings (SSSR count). The fourth-order valence-electron chi connectivity index (χ4n) is 4.22. The third-order valence-electron chi connectivity index (χ3n) is 6.10. The summed E-state index contributed by atoms with van der Waals surface area (Å²) in [7, 11) is 5.39. The van der Waals surface area contributed by atoms with E-state index in [1.807, 2.05) is 18.2 Å². The maximum absolute atomic E-state index is 12.3. The Morgan fingerprint density at radius 2 is 1.65 bits per heavy atom. The van der Waals surface area contributed by atoms with E-state index in [1.165, 1.54) is 5.69 Å². The zero-order valence-electron chi connectivity index (χ0n) is 18.7. The lowest BCUT2D eigenvalue weighted by atomic mass is 9.98. The average Bonchev–Trinajstić information content (AvgIpc) is 3.25. The van der Waals surface area contributed by atoms with Crippen molar-refractivity contribution in [3.63, 3.8) is 0 Å². The molecule has 2 heterocycles. The fraction of sp³-hybridized carbons (Fsp3) is 0.417. The second-order valence-corrected chi connectivity index (χ2v) is 8.08. The smallest absolute Gasteiger partial charge is 0.240 e. The molecule has 0 N–H and O–H groups in total. The maximum Gasteiger partial charge on any atom is 0.240 e. The van der Waals surface area contributed by atoms with E-state index in [-0.39, 0.29) is 11.9 Å². The Bertz CT molecular complexity index is 965. The number of piperazine rings is 1. The van der Waals surface area contributed by atoms with Crippen LogP contribution >= 0.6 is 0 Å². The molecule has 7 nitrogen and oxygen atoms in total. The number of likely N-dealkylation sites (N-methyl/N-ethyl adjacent to an activating group) is 1. The summed E-state index contributed by atoms with van der Waals surface area (Å²) in [5, 5.41) is 6.25. The highest BCUT2D eigenvalue weighted by Gasteiger charge is 2.31. The quantitative estimate of drug-likeness (QED) is 0.741. The molecule has 1 amide bonds. The van der Waals surface area contributed by atoms with Gasteiger partial charge in [-0.1, -0.05) is 12.1 Å². The van der Waals surface area contributed by atoms with Crippen molar-refractivity contribution in [2.75, 3.05) is 52.3 Å². The molecule has 1 atom stereocenters. The highest BCUT2D eigenvalue weighted by atomic mass is 16.5. The molecule has 164 valence electrons. The van der Waals surface area contributed by atoms with E-state index in [0.29, 0.717) is 17.9 Å². The summed E-state index contributed by atoms with van der Waals surface area (Å²) in [5.74, 6) is 1.25. The molecule has 0 spiro atoms. The van der Waals surface area contributed by atoms with Crippen molar-refractivity contribution in [2.45, 2.75) is 19.4 Å². The van der Waals surface area contributed by atoms with Crippen LogP contribution in [0, 0.1) is 0 Å². The van der Waals surface area contributed by atoms with Gasteiger partial charge in [-0.05, 0) is 42.9 Å². The molecule has 0 bridgehead atoms. The zero-order chi connectivity index (χ0) is 22.0. The van der Waals surface area contributed by atoms with Gasteiger partial charge in [0.25, 0.3) is 0 Å². The van der Waals surface area contributed by atoms with Gasteiger partial charge in [0.2, 0.25) is 5.91 Å². The Hall–Kier alpha value is -3.06. The predicted octanol–water partition coefficient (Wildman–Crippen LogP) is 3.15. The summed E-state index contributed by atoms with van der Waals surface area (Å²) < 4.78 is 10.8. The molecular weight excluding hydrogens is 392 g/mol. The molecule has 1 fully saturated rings. The number of benzene rings is 2. The van der Waals surface area contributed by atoms with Gasteiger partial charge >= 0.3 is 0 Å². The predicted molar refractivity (Wildman–Crippen MR) is 122 cm³/mol. The van der Waals surface area contributed by atoms with Crippen LogP contribution in [0.5, 0.6) is 11.5 Å². The van der Waals surface area contributed by atoms with Crippen LogP contribution < -0.4 is 14.4 Å². The van der Waals surface area contributed by atoms with Crippen molar-refractivity contribution in [1.82, 2.24) is 9.91 Å². The lowest BCUT2D eigenvalue weighted by molar-refractivity contribution is -0.130. The monoisotopic (exact) mass is 422 g/mol. The fourth-order valence-corrected chi connectivity index (χ4v) is 4.22. The molecule has 2 aliphatic rings. The van der Waals surface area contributed by atoms with Crippen molar-refractivity contribution >= 4 is 17.3 Å². The Kier molecular flexibility index (Phi) is 6.13. The van der Waals surface area contributed by atoms with Crippen molar-refractivity contribution in [3.8, 4) is 11.5 Å². The largest absolute Gasteiger partial charge is 0.493 e. The van der Waals surface area contributed by atoms with Crippen LogP contribution in [0.2, 0.25) is 0 Å². The van der Waals surface area contributed by atoms with Gasteiger partial charge in [0.1, 0.15) is 0 Å². The third kappa shape index (κ3) is 4.37. The SMILES string of the molecule is COc1ccc(C2=NN(C(C)=O)C(c3ccc(N4CCN(C)CC4)cc3)C2)cc1OC. The molecule has 0 radical (unpaired) electrons. The zero-order valence-corrected chi connectivity index (χ0v) is 18.7. The van der Waals surface area contributed by atoms with Crippen LogP contribution in [0.3, 0.4) is 0 Å². The number of ether oxygens (including phenoxy) is 2. The first-order valence-corrected chi connectivity index (χ1v) is 10.6. The van der Waals surface area contributed by atoms with Gasteiger partial charge in [0.15, 0.2) is 11.5 Å². The molecule has 7 heteroatoms. The molecular formula is C24H30N4O3. The number of rotatable bonds is 5. The Balaban J connectivity index is 1.55. The Labute approximate surface area is 183 Å². The van der Waals surface area contributed by atoms with Crippen LogP contribution in [0.25, 0.3) is 0 Å². The van der Waals surface area contributed by atoms with Crippen molar-refractivity contribution < 1.29 is 14.3 Å². The van der Waals surface area contributed by atoms with E-state index in [0.717, 1.165) is 43.0 Å². The minimum Gasteiger partial charge on any atom is -0.493 e. The first-order chi connectivity index (χ1) is 15.0. The van der Waals surface area contributed by atoms with Crippen LogP contribution in [-0.4, -0.2) is 69.0 Å². The number of amides is 1. The van der Waals surface area contributed by atoms with E-state index >= 15 is 0 Å². The van der Waals surface area contributed by atoms with E-state index < -0.39 is 0 Å². The number of methoxy groups -OCH3 is 2. The van der Waals surface area contributed by atoms with Gasteiger partial charge < -0.3 is 19.3 Å². The Morgan fingerprint density at radius 3 is 2.26 bits per heavy atom. The van der Waals surface area contributed by atoms with Crippen LogP contribution in [0.15, 0.2) is 47.6 Å². The number of hydrazone groups is 1. The molecule has 0 aromatic heterocycles. The van der Waals surface area contributed by atoms with E-state index in [4.69, 9.17) is 9.47 Å². The standard InChI is InChI=1S/C24H30N4O3/c1-17(29)28-22(16-21(25-28)19-7-10-23(30-3)24(15-19)31-4)18-5-8-20(9-6-18)27-13-11-26(2)12-14-27/h5-10,15,22H,11-14,16H2,1-4H3. The van der Waals surface area contributed by atoms with E-state index in [9.17, 15) is 4.79 Å². The topological polar surface area (TPSA) is 57.6 Å². The van der Waals surface area contributed by atoms with Crippen LogP contribution in [-0.2, 0) is 4.79 Å². The summed E-state index contributed by atoms with van der Waals surface area (Å²) >= 11 is 0. The van der Waals surface area contributed by atoms with Crippen LogP contribution in [0.4, 0.5) is 5.69 Å². The normalized spacial score (nSPS) is 19.4. The molecule has 2 aromatic carbocycles. The van der Waals surface area contributed by atoms with Gasteiger partial charge in [-0.3, -0.25) is 4.79 Å². The number of carbonyl (C=O) groups excluding carboxylic acids is 1.